The van der Waals surface area contributed by atoms with Crippen LogP contribution in [0.3, 0.4) is 0 Å². The van der Waals surface area contributed by atoms with Gasteiger partial charge in [-0.1, -0.05) is 37.6 Å². The molecule has 6 heteroatoms. The van der Waals surface area contributed by atoms with Gasteiger partial charge in [0.05, 0.1) is 0 Å². The van der Waals surface area contributed by atoms with Gasteiger partial charge in [0.1, 0.15) is 11.6 Å². The van der Waals surface area contributed by atoms with E-state index in [9.17, 15) is 9.18 Å². The summed E-state index contributed by atoms with van der Waals surface area (Å²) in [5.74, 6) is 0.734. The Bertz CT molecular complexity index is 916. The highest BCUT2D eigenvalue weighted by Crippen LogP contribution is 2.32. The monoisotopic (exact) mass is 446 g/mol. The predicted octanol–water partition coefficient (Wildman–Crippen LogP) is 5.41. The number of ether oxygens (including phenoxy) is 1. The molecule has 0 saturated carbocycles. The molecule has 1 heterocycles. The van der Waals surface area contributed by atoms with Gasteiger partial charge in [0.2, 0.25) is 0 Å². The molecule has 31 heavy (non-hydrogen) atoms. The van der Waals surface area contributed by atoms with E-state index in [4.69, 9.17) is 16.3 Å². The van der Waals surface area contributed by atoms with Gasteiger partial charge in [-0.3, -0.25) is 9.69 Å². The van der Waals surface area contributed by atoms with Crippen molar-refractivity contribution in [1.29, 1.82) is 0 Å². The van der Waals surface area contributed by atoms with Gasteiger partial charge in [-0.25, -0.2) is 4.39 Å². The number of benzene rings is 2. The summed E-state index contributed by atoms with van der Waals surface area (Å²) in [6.07, 6.45) is 0. The molecular weight excluding hydrogens is 415 g/mol. The molecule has 3 rings (SSSR count). The summed E-state index contributed by atoms with van der Waals surface area (Å²) >= 11 is 6.27. The van der Waals surface area contributed by atoms with Crippen LogP contribution in [-0.4, -0.2) is 47.5 Å². The lowest BCUT2D eigenvalue weighted by atomic mass is 10.0. The van der Waals surface area contributed by atoms with E-state index in [1.54, 1.807) is 0 Å². The van der Waals surface area contributed by atoms with Crippen molar-refractivity contribution < 1.29 is 13.9 Å². The van der Waals surface area contributed by atoms with Crippen molar-refractivity contribution in [2.45, 2.75) is 59.2 Å². The van der Waals surface area contributed by atoms with Crippen molar-refractivity contribution in [3.05, 3.63) is 63.9 Å². The zero-order valence-electron chi connectivity index (χ0n) is 19.0. The maximum atomic E-state index is 13.2. The van der Waals surface area contributed by atoms with E-state index in [0.29, 0.717) is 11.6 Å². The first-order valence-electron chi connectivity index (χ1n) is 10.9. The minimum Gasteiger partial charge on any atom is -0.483 e. The second-order valence-electron chi connectivity index (χ2n) is 8.88. The third-order valence-electron chi connectivity index (χ3n) is 6.00. The number of nitrogens with zero attached hydrogens (tertiary/aromatic N) is 2. The fourth-order valence-corrected chi connectivity index (χ4v) is 4.23. The maximum Gasteiger partial charge on any atom is 0.260 e. The van der Waals surface area contributed by atoms with Gasteiger partial charge >= 0.3 is 0 Å². The average Bonchev–Trinajstić information content (AvgIpc) is 2.72. The fourth-order valence-electron chi connectivity index (χ4n) is 4.06. The zero-order chi connectivity index (χ0) is 22.7. The third-order valence-corrected chi connectivity index (χ3v) is 6.41. The summed E-state index contributed by atoms with van der Waals surface area (Å²) in [5.41, 5.74) is 3.02. The molecule has 0 aromatic heterocycles. The molecule has 2 aromatic carbocycles. The Morgan fingerprint density at radius 3 is 2.48 bits per heavy atom. The fraction of sp³-hybridized carbons (Fsp3) is 0.480. The van der Waals surface area contributed by atoms with Gasteiger partial charge in [-0.15, -0.1) is 0 Å². The molecule has 1 amide bonds. The van der Waals surface area contributed by atoms with Crippen LogP contribution in [0.4, 0.5) is 4.39 Å². The quantitative estimate of drug-likeness (QED) is 0.594. The smallest absolute Gasteiger partial charge is 0.260 e. The lowest BCUT2D eigenvalue weighted by molar-refractivity contribution is -0.139. The highest BCUT2D eigenvalue weighted by Gasteiger charge is 2.32. The van der Waals surface area contributed by atoms with Crippen LogP contribution in [0, 0.1) is 12.7 Å². The summed E-state index contributed by atoms with van der Waals surface area (Å²) in [5, 5.41) is 0.710. The molecule has 1 fully saturated rings. The molecular formula is C25H32ClFN2O2. The van der Waals surface area contributed by atoms with Gasteiger partial charge < -0.3 is 9.64 Å². The number of carbonyl (C=O) groups excluding carboxylic acids is 1. The molecule has 168 valence electrons. The molecule has 2 aromatic rings. The number of carbonyl (C=O) groups is 1. The van der Waals surface area contributed by atoms with Crippen LogP contribution in [0.1, 0.15) is 50.3 Å². The summed E-state index contributed by atoms with van der Waals surface area (Å²) in [6, 6.07) is 10.7. The molecule has 0 bridgehead atoms. The third kappa shape index (κ3) is 5.78. The van der Waals surface area contributed by atoms with Crippen molar-refractivity contribution >= 4 is 17.5 Å². The molecule has 0 radical (unpaired) electrons. The number of hydrogen-bond donors (Lipinski definition) is 0. The normalized spacial score (nSPS) is 19.7. The number of amides is 1. The second kappa shape index (κ2) is 10.0. The maximum absolute atomic E-state index is 13.2. The molecule has 4 nitrogen and oxygen atoms in total. The van der Waals surface area contributed by atoms with Gasteiger partial charge in [0.25, 0.3) is 5.91 Å². The van der Waals surface area contributed by atoms with Gasteiger partial charge in [-0.05, 0) is 67.6 Å². The second-order valence-corrected chi connectivity index (χ2v) is 9.29. The van der Waals surface area contributed by atoms with Gasteiger partial charge in [0, 0.05) is 36.7 Å². The molecule has 0 N–H and O–H groups in total. The van der Waals surface area contributed by atoms with Crippen LogP contribution in [-0.2, 0) is 11.3 Å². The average molecular weight is 447 g/mol. The van der Waals surface area contributed by atoms with Crippen LogP contribution in [0.25, 0.3) is 0 Å². The Morgan fingerprint density at radius 1 is 1.16 bits per heavy atom. The first-order chi connectivity index (χ1) is 14.7. The van der Waals surface area contributed by atoms with E-state index < -0.39 is 0 Å². The Morgan fingerprint density at radius 2 is 1.84 bits per heavy atom. The Kier molecular flexibility index (Phi) is 7.60. The standard InChI is InChI=1S/C25H32ClFN2O2/c1-16(2)22-11-23(26)17(3)10-24(22)31-15-25(30)29-13-18(4)28(12-19(29)5)14-20-6-8-21(27)9-7-20/h6-11,16,18-19H,12-15H2,1-5H3. The van der Waals surface area contributed by atoms with Crippen molar-refractivity contribution in [2.24, 2.45) is 0 Å². The zero-order valence-corrected chi connectivity index (χ0v) is 19.7. The Labute approximate surface area is 189 Å². The molecule has 0 spiro atoms. The number of piperazine rings is 1. The summed E-state index contributed by atoms with van der Waals surface area (Å²) < 4.78 is 19.1. The van der Waals surface area contributed by atoms with Crippen molar-refractivity contribution in [1.82, 2.24) is 9.80 Å². The summed E-state index contributed by atoms with van der Waals surface area (Å²) in [6.45, 7) is 12.4. The SMILES string of the molecule is Cc1cc(OCC(=O)N2CC(C)N(Cc3ccc(F)cc3)CC2C)c(C(C)C)cc1Cl. The minimum absolute atomic E-state index is 0.00974. The number of aryl methyl sites for hydroxylation is 1. The van der Waals surface area contributed by atoms with Crippen molar-refractivity contribution in [2.75, 3.05) is 19.7 Å². The summed E-state index contributed by atoms with van der Waals surface area (Å²) in [7, 11) is 0. The first kappa shape index (κ1) is 23.6. The molecule has 2 unspecified atom stereocenters. The molecule has 0 aliphatic carbocycles. The molecule has 2 atom stereocenters. The lowest BCUT2D eigenvalue weighted by Crippen LogP contribution is -2.58. The van der Waals surface area contributed by atoms with Gasteiger partial charge in [-0.2, -0.15) is 0 Å². The Balaban J connectivity index is 1.62. The van der Waals surface area contributed by atoms with E-state index in [1.165, 1.54) is 12.1 Å². The van der Waals surface area contributed by atoms with E-state index >= 15 is 0 Å². The predicted molar refractivity (Wildman–Crippen MR) is 123 cm³/mol. The van der Waals surface area contributed by atoms with E-state index in [1.807, 2.05) is 36.1 Å². The topological polar surface area (TPSA) is 32.8 Å². The van der Waals surface area contributed by atoms with Crippen molar-refractivity contribution in [3.8, 4) is 5.75 Å². The summed E-state index contributed by atoms with van der Waals surface area (Å²) in [4.78, 5) is 17.2. The lowest BCUT2D eigenvalue weighted by Gasteiger charge is -2.44. The number of rotatable bonds is 6. The van der Waals surface area contributed by atoms with E-state index in [-0.39, 0.29) is 36.3 Å². The first-order valence-corrected chi connectivity index (χ1v) is 11.2. The molecule has 1 aliphatic heterocycles. The van der Waals surface area contributed by atoms with E-state index in [0.717, 1.165) is 35.5 Å². The number of halogens is 2. The van der Waals surface area contributed by atoms with Crippen LogP contribution < -0.4 is 4.74 Å². The van der Waals surface area contributed by atoms with E-state index in [2.05, 4.69) is 32.6 Å². The van der Waals surface area contributed by atoms with Crippen LogP contribution in [0.5, 0.6) is 5.75 Å². The van der Waals surface area contributed by atoms with Crippen LogP contribution in [0.15, 0.2) is 36.4 Å². The highest BCUT2D eigenvalue weighted by atomic mass is 35.5. The molecule has 1 aliphatic rings. The van der Waals surface area contributed by atoms with Crippen LogP contribution in [0.2, 0.25) is 5.02 Å². The Hall–Kier alpha value is -2.11. The van der Waals surface area contributed by atoms with Gasteiger partial charge in [0.15, 0.2) is 6.61 Å². The number of hydrogen-bond acceptors (Lipinski definition) is 3. The van der Waals surface area contributed by atoms with Crippen molar-refractivity contribution in [3.63, 3.8) is 0 Å². The molecule has 1 saturated heterocycles. The highest BCUT2D eigenvalue weighted by molar-refractivity contribution is 6.31. The van der Waals surface area contributed by atoms with Crippen LogP contribution >= 0.6 is 11.6 Å². The minimum atomic E-state index is -0.225. The largest absolute Gasteiger partial charge is 0.483 e.